The molecule has 0 unspecified atom stereocenters. The van der Waals surface area contributed by atoms with Gasteiger partial charge in [-0.15, -0.1) is 11.3 Å². The molecule has 0 aliphatic carbocycles. The van der Waals surface area contributed by atoms with E-state index < -0.39 is 5.25 Å². The van der Waals surface area contributed by atoms with Gasteiger partial charge in [0.15, 0.2) is 5.16 Å². The smallest absolute Gasteiger partial charge is 0.263 e. The van der Waals surface area contributed by atoms with Crippen LogP contribution >= 0.6 is 23.1 Å². The van der Waals surface area contributed by atoms with E-state index in [9.17, 15) is 9.59 Å². The van der Waals surface area contributed by atoms with Crippen molar-refractivity contribution in [2.24, 2.45) is 7.05 Å². The van der Waals surface area contributed by atoms with Gasteiger partial charge in [-0.05, 0) is 11.1 Å². The second kappa shape index (κ2) is 8.45. The number of amides is 1. The van der Waals surface area contributed by atoms with Crippen LogP contribution in [0.5, 0.6) is 0 Å². The Hall–Kier alpha value is -2.90. The van der Waals surface area contributed by atoms with E-state index in [4.69, 9.17) is 4.98 Å². The molecule has 0 fully saturated rings. The molecule has 0 saturated heterocycles. The number of aromatic nitrogens is 2. The molecule has 0 saturated carbocycles. The first kappa shape index (κ1) is 20.4. The summed E-state index contributed by atoms with van der Waals surface area (Å²) in [6, 6.07) is 19.4. The zero-order chi connectivity index (χ0) is 21.3. The Bertz CT molecular complexity index is 1250. The van der Waals surface area contributed by atoms with Crippen molar-refractivity contribution in [1.82, 2.24) is 14.5 Å². The number of rotatable bonds is 5. The maximum absolute atomic E-state index is 13.2. The van der Waals surface area contributed by atoms with Crippen LogP contribution in [0.1, 0.15) is 10.8 Å². The third kappa shape index (κ3) is 3.78. The Morgan fingerprint density at radius 3 is 2.33 bits per heavy atom. The standard InChI is InChI=1S/C23H21N3O2S2/c1-25(2)22(28)19(16-12-8-5-9-13-16)30-23-24-20-18(21(27)26(23)3)17(14-29-20)15-10-6-4-7-11-15/h4-14,19H,1-3H3/t19-/m0/s1. The van der Waals surface area contributed by atoms with Crippen molar-refractivity contribution < 1.29 is 4.79 Å². The molecule has 1 atom stereocenters. The second-order valence-electron chi connectivity index (χ2n) is 7.10. The lowest BCUT2D eigenvalue weighted by Gasteiger charge is -2.21. The number of carbonyl (C=O) groups is 1. The molecule has 7 heteroatoms. The topological polar surface area (TPSA) is 55.2 Å². The summed E-state index contributed by atoms with van der Waals surface area (Å²) in [4.78, 5) is 33.2. The Kier molecular flexibility index (Phi) is 5.74. The van der Waals surface area contributed by atoms with Gasteiger partial charge < -0.3 is 4.90 Å². The van der Waals surface area contributed by atoms with Gasteiger partial charge in [-0.3, -0.25) is 14.2 Å². The Morgan fingerprint density at radius 2 is 1.70 bits per heavy atom. The average molecular weight is 436 g/mol. The van der Waals surface area contributed by atoms with E-state index in [0.717, 1.165) is 16.7 Å². The van der Waals surface area contributed by atoms with Crippen LogP contribution in [0, 0.1) is 0 Å². The quantitative estimate of drug-likeness (QED) is 0.340. The third-order valence-electron chi connectivity index (χ3n) is 4.85. The van der Waals surface area contributed by atoms with Crippen molar-refractivity contribution in [3.63, 3.8) is 0 Å². The number of thiophene rings is 1. The number of hydrogen-bond acceptors (Lipinski definition) is 5. The summed E-state index contributed by atoms with van der Waals surface area (Å²) in [5, 5.41) is 2.64. The monoisotopic (exact) mass is 435 g/mol. The summed E-state index contributed by atoms with van der Waals surface area (Å²) in [6.45, 7) is 0. The minimum Gasteiger partial charge on any atom is -0.348 e. The van der Waals surface area contributed by atoms with Crippen LogP contribution in [0.4, 0.5) is 0 Å². The van der Waals surface area contributed by atoms with Gasteiger partial charge in [0.1, 0.15) is 10.1 Å². The SMILES string of the molecule is CN(C)C(=O)[C@@H](Sc1nc2scc(-c3ccccc3)c2c(=O)n1C)c1ccccc1. The van der Waals surface area contributed by atoms with Crippen LogP contribution < -0.4 is 5.56 Å². The molecule has 2 heterocycles. The summed E-state index contributed by atoms with van der Waals surface area (Å²) in [7, 11) is 5.19. The fraction of sp³-hybridized carbons (Fsp3) is 0.174. The molecule has 0 aliphatic heterocycles. The van der Waals surface area contributed by atoms with Crippen LogP contribution in [0.3, 0.4) is 0 Å². The molecular weight excluding hydrogens is 414 g/mol. The first-order valence-electron chi connectivity index (χ1n) is 9.43. The highest BCUT2D eigenvalue weighted by molar-refractivity contribution is 8.00. The fourth-order valence-electron chi connectivity index (χ4n) is 3.22. The van der Waals surface area contributed by atoms with E-state index in [1.54, 1.807) is 30.6 Å². The fourth-order valence-corrected chi connectivity index (χ4v) is 5.41. The summed E-state index contributed by atoms with van der Waals surface area (Å²) in [5.41, 5.74) is 2.66. The van der Waals surface area contributed by atoms with Gasteiger partial charge in [0.25, 0.3) is 5.56 Å². The summed E-state index contributed by atoms with van der Waals surface area (Å²) in [6.07, 6.45) is 0. The lowest BCUT2D eigenvalue weighted by Crippen LogP contribution is -2.28. The van der Waals surface area contributed by atoms with Crippen LogP contribution in [-0.2, 0) is 11.8 Å². The molecule has 0 bridgehead atoms. The van der Waals surface area contributed by atoms with Gasteiger partial charge >= 0.3 is 0 Å². The van der Waals surface area contributed by atoms with Crippen molar-refractivity contribution in [3.05, 3.63) is 82.0 Å². The molecule has 5 nitrogen and oxygen atoms in total. The number of fused-ring (bicyclic) bond motifs is 1. The van der Waals surface area contributed by atoms with Crippen molar-refractivity contribution >= 4 is 39.2 Å². The highest BCUT2D eigenvalue weighted by atomic mass is 32.2. The molecule has 4 rings (SSSR count). The summed E-state index contributed by atoms with van der Waals surface area (Å²) in [5.74, 6) is -0.0447. The second-order valence-corrected chi connectivity index (χ2v) is 9.03. The lowest BCUT2D eigenvalue weighted by molar-refractivity contribution is -0.128. The van der Waals surface area contributed by atoms with E-state index in [0.29, 0.717) is 15.4 Å². The zero-order valence-corrected chi connectivity index (χ0v) is 18.5. The first-order chi connectivity index (χ1) is 14.5. The van der Waals surface area contributed by atoms with Gasteiger partial charge in [0.2, 0.25) is 5.91 Å². The van der Waals surface area contributed by atoms with E-state index in [1.165, 1.54) is 23.1 Å². The van der Waals surface area contributed by atoms with Gasteiger partial charge in [0, 0.05) is 32.1 Å². The molecule has 0 N–H and O–H groups in total. The molecule has 152 valence electrons. The van der Waals surface area contributed by atoms with Crippen molar-refractivity contribution in [2.45, 2.75) is 10.4 Å². The number of likely N-dealkylation sites (N-methyl/N-ethyl adjacent to an activating group) is 1. The molecule has 1 amide bonds. The number of nitrogens with zero attached hydrogens (tertiary/aromatic N) is 3. The Balaban J connectivity index is 1.80. The van der Waals surface area contributed by atoms with Crippen molar-refractivity contribution in [3.8, 4) is 11.1 Å². The van der Waals surface area contributed by atoms with Gasteiger partial charge in [0.05, 0.1) is 5.39 Å². The van der Waals surface area contributed by atoms with E-state index in [-0.39, 0.29) is 11.5 Å². The number of thioether (sulfide) groups is 1. The molecule has 0 aliphatic rings. The van der Waals surface area contributed by atoms with Crippen LogP contribution in [0.25, 0.3) is 21.3 Å². The number of hydrogen-bond donors (Lipinski definition) is 0. The minimum absolute atomic E-state index is 0.0447. The largest absolute Gasteiger partial charge is 0.348 e. The summed E-state index contributed by atoms with van der Waals surface area (Å²) >= 11 is 2.76. The number of carbonyl (C=O) groups excluding carboxylic acids is 1. The molecule has 2 aromatic heterocycles. The summed E-state index contributed by atoms with van der Waals surface area (Å²) < 4.78 is 1.55. The lowest BCUT2D eigenvalue weighted by atomic mass is 10.1. The molecule has 0 radical (unpaired) electrons. The van der Waals surface area contributed by atoms with Crippen LogP contribution in [0.15, 0.2) is 76.0 Å². The van der Waals surface area contributed by atoms with E-state index in [1.807, 2.05) is 66.0 Å². The third-order valence-corrected chi connectivity index (χ3v) is 7.01. The Labute approximate surface area is 183 Å². The van der Waals surface area contributed by atoms with Gasteiger partial charge in [-0.1, -0.05) is 72.4 Å². The first-order valence-corrected chi connectivity index (χ1v) is 11.2. The van der Waals surface area contributed by atoms with Crippen LogP contribution in [0.2, 0.25) is 0 Å². The van der Waals surface area contributed by atoms with Gasteiger partial charge in [-0.2, -0.15) is 0 Å². The predicted molar refractivity (Wildman–Crippen MR) is 124 cm³/mol. The van der Waals surface area contributed by atoms with Crippen molar-refractivity contribution in [1.29, 1.82) is 0 Å². The molecular formula is C23H21N3O2S2. The molecule has 2 aromatic carbocycles. The Morgan fingerprint density at radius 1 is 1.07 bits per heavy atom. The average Bonchev–Trinajstić information content (AvgIpc) is 3.20. The maximum Gasteiger partial charge on any atom is 0.263 e. The zero-order valence-electron chi connectivity index (χ0n) is 16.9. The van der Waals surface area contributed by atoms with Crippen molar-refractivity contribution in [2.75, 3.05) is 14.1 Å². The highest BCUT2D eigenvalue weighted by Crippen LogP contribution is 2.37. The van der Waals surface area contributed by atoms with Gasteiger partial charge in [-0.25, -0.2) is 4.98 Å². The molecule has 4 aromatic rings. The number of benzene rings is 2. The van der Waals surface area contributed by atoms with Crippen LogP contribution in [-0.4, -0.2) is 34.5 Å². The minimum atomic E-state index is -0.481. The molecule has 30 heavy (non-hydrogen) atoms. The van der Waals surface area contributed by atoms with E-state index >= 15 is 0 Å². The van der Waals surface area contributed by atoms with E-state index in [2.05, 4.69) is 0 Å². The normalized spacial score (nSPS) is 12.1. The maximum atomic E-state index is 13.2. The molecule has 0 spiro atoms. The highest BCUT2D eigenvalue weighted by Gasteiger charge is 2.26. The predicted octanol–water partition coefficient (Wildman–Crippen LogP) is 4.58.